The topological polar surface area (TPSA) is 86.7 Å². The van der Waals surface area contributed by atoms with Crippen LogP contribution in [0.15, 0.2) is 30.3 Å². The number of hydrogen-bond donors (Lipinski definition) is 2. The number of nitrogens with one attached hydrogen (secondary N) is 1. The highest BCUT2D eigenvalue weighted by Gasteiger charge is 2.43. The van der Waals surface area contributed by atoms with Gasteiger partial charge in [-0.15, -0.1) is 11.8 Å². The summed E-state index contributed by atoms with van der Waals surface area (Å²) in [5.74, 6) is -0.652. The van der Waals surface area contributed by atoms with Crippen LogP contribution in [0.25, 0.3) is 0 Å². The maximum Gasteiger partial charge on any atom is 0.326 e. The molecule has 0 saturated carbocycles. The van der Waals surface area contributed by atoms with E-state index in [9.17, 15) is 19.5 Å². The molecule has 2 N–H and O–H groups in total. The first kappa shape index (κ1) is 21.0. The van der Waals surface area contributed by atoms with Gasteiger partial charge in [-0.05, 0) is 49.7 Å². The van der Waals surface area contributed by atoms with E-state index in [4.69, 9.17) is 0 Å². The normalized spacial score (nSPS) is 26.1. The van der Waals surface area contributed by atoms with Crippen molar-refractivity contribution in [3.05, 3.63) is 35.9 Å². The minimum absolute atomic E-state index is 0.107. The van der Waals surface area contributed by atoms with Crippen LogP contribution in [0.2, 0.25) is 0 Å². The summed E-state index contributed by atoms with van der Waals surface area (Å²) >= 11 is 3.09. The van der Waals surface area contributed by atoms with Gasteiger partial charge in [0.1, 0.15) is 12.1 Å². The lowest BCUT2D eigenvalue weighted by molar-refractivity contribution is -0.154. The van der Waals surface area contributed by atoms with Crippen LogP contribution in [0, 0.1) is 0 Å². The summed E-state index contributed by atoms with van der Waals surface area (Å²) in [6.45, 7) is 0. The molecule has 2 aliphatic heterocycles. The van der Waals surface area contributed by atoms with E-state index in [1.807, 2.05) is 36.6 Å². The van der Waals surface area contributed by atoms with Crippen LogP contribution >= 0.6 is 23.5 Å². The van der Waals surface area contributed by atoms with Gasteiger partial charge in [-0.1, -0.05) is 30.3 Å². The third kappa shape index (κ3) is 4.84. The minimum atomic E-state index is -0.961. The fourth-order valence-electron chi connectivity index (χ4n) is 3.80. The zero-order valence-electron chi connectivity index (χ0n) is 15.9. The van der Waals surface area contributed by atoms with Crippen LogP contribution in [0.3, 0.4) is 0 Å². The number of carboxylic acid groups (broad SMARTS) is 1. The first-order chi connectivity index (χ1) is 13.5. The van der Waals surface area contributed by atoms with Crippen molar-refractivity contribution in [3.63, 3.8) is 0 Å². The fourth-order valence-corrected chi connectivity index (χ4v) is 5.83. The molecule has 8 heteroatoms. The predicted octanol–water partition coefficient (Wildman–Crippen LogP) is 2.37. The number of fused-ring (bicyclic) bond motifs is 1. The van der Waals surface area contributed by atoms with Gasteiger partial charge in [-0.3, -0.25) is 9.59 Å². The van der Waals surface area contributed by atoms with Gasteiger partial charge < -0.3 is 15.3 Å². The van der Waals surface area contributed by atoms with Gasteiger partial charge in [-0.25, -0.2) is 4.79 Å². The number of benzene rings is 1. The molecule has 152 valence electrons. The molecule has 2 heterocycles. The molecule has 1 aromatic rings. The molecule has 2 aliphatic rings. The van der Waals surface area contributed by atoms with Crippen molar-refractivity contribution in [2.75, 3.05) is 12.0 Å². The zero-order valence-corrected chi connectivity index (χ0v) is 17.5. The molecule has 2 saturated heterocycles. The summed E-state index contributed by atoms with van der Waals surface area (Å²) in [5.41, 5.74) is 1.07. The number of rotatable bonds is 6. The fraction of sp³-hybridized carbons (Fsp3) is 0.550. The van der Waals surface area contributed by atoms with E-state index in [2.05, 4.69) is 5.32 Å². The Kier molecular flexibility index (Phi) is 7.29. The van der Waals surface area contributed by atoms with E-state index in [0.29, 0.717) is 19.3 Å². The van der Waals surface area contributed by atoms with Crippen molar-refractivity contribution in [2.45, 2.75) is 54.8 Å². The standard InChI is InChI=1S/C20H26N2O4S2/c1-27-16(12-13-6-3-2-4-7-13)18(23)21-14-10-11-28-17-9-5-8-15(20(25)26)22(17)19(14)24/h2-4,6-7,14-17H,5,8-12H2,1H3,(H,21,23)(H,25,26)/t14-,15-,16?,17-/m0/s1. The van der Waals surface area contributed by atoms with Crippen LogP contribution < -0.4 is 5.32 Å². The van der Waals surface area contributed by atoms with Gasteiger partial charge in [0.25, 0.3) is 0 Å². The summed E-state index contributed by atoms with van der Waals surface area (Å²) in [7, 11) is 0. The highest BCUT2D eigenvalue weighted by Crippen LogP contribution is 2.34. The van der Waals surface area contributed by atoms with Gasteiger partial charge in [0.05, 0.1) is 10.6 Å². The number of carbonyl (C=O) groups excluding carboxylic acids is 2. The quantitative estimate of drug-likeness (QED) is 0.732. The Morgan fingerprint density at radius 2 is 2.04 bits per heavy atom. The third-order valence-corrected chi connectivity index (χ3v) is 7.56. The molecule has 2 fully saturated rings. The second-order valence-electron chi connectivity index (χ2n) is 7.12. The maximum atomic E-state index is 13.1. The first-order valence-corrected chi connectivity index (χ1v) is 11.9. The second kappa shape index (κ2) is 9.69. The van der Waals surface area contributed by atoms with E-state index in [1.54, 1.807) is 11.8 Å². The first-order valence-electron chi connectivity index (χ1n) is 9.55. The lowest BCUT2D eigenvalue weighted by Crippen LogP contribution is -2.57. The number of aliphatic carboxylic acids is 1. The zero-order chi connectivity index (χ0) is 20.1. The molecule has 0 aromatic heterocycles. The average Bonchev–Trinajstić information content (AvgIpc) is 2.86. The molecule has 1 aromatic carbocycles. The van der Waals surface area contributed by atoms with Crippen LogP contribution in [0.5, 0.6) is 0 Å². The largest absolute Gasteiger partial charge is 0.480 e. The molecular weight excluding hydrogens is 396 g/mol. The van der Waals surface area contributed by atoms with E-state index in [0.717, 1.165) is 24.2 Å². The third-order valence-electron chi connectivity index (χ3n) is 5.29. The summed E-state index contributed by atoms with van der Waals surface area (Å²) in [6.07, 6.45) is 5.09. The van der Waals surface area contributed by atoms with Crippen molar-refractivity contribution in [1.82, 2.24) is 10.2 Å². The van der Waals surface area contributed by atoms with Gasteiger partial charge in [0, 0.05) is 0 Å². The second-order valence-corrected chi connectivity index (χ2v) is 9.45. The molecule has 28 heavy (non-hydrogen) atoms. The summed E-state index contributed by atoms with van der Waals surface area (Å²) < 4.78 is 0. The van der Waals surface area contributed by atoms with Crippen molar-refractivity contribution in [2.24, 2.45) is 0 Å². The molecule has 0 bridgehead atoms. The van der Waals surface area contributed by atoms with E-state index >= 15 is 0 Å². The van der Waals surface area contributed by atoms with Crippen molar-refractivity contribution >= 4 is 41.3 Å². The summed E-state index contributed by atoms with van der Waals surface area (Å²) in [5, 5.41) is 12.1. The molecule has 4 atom stereocenters. The SMILES string of the molecule is CSC(Cc1ccccc1)C(=O)N[C@H]1CCS[C@H]2CCC[C@@H](C(=O)O)N2C1=O. The lowest BCUT2D eigenvalue weighted by atomic mass is 10.00. The molecule has 0 spiro atoms. The van der Waals surface area contributed by atoms with Gasteiger partial charge in [0.15, 0.2) is 0 Å². The Balaban J connectivity index is 1.70. The van der Waals surface area contributed by atoms with Crippen molar-refractivity contribution in [1.29, 1.82) is 0 Å². The molecule has 1 unspecified atom stereocenters. The molecule has 6 nitrogen and oxygen atoms in total. The van der Waals surface area contributed by atoms with Crippen molar-refractivity contribution < 1.29 is 19.5 Å². The van der Waals surface area contributed by atoms with Gasteiger partial charge in [-0.2, -0.15) is 11.8 Å². The lowest BCUT2D eigenvalue weighted by Gasteiger charge is -2.39. The molecule has 0 aliphatic carbocycles. The van der Waals surface area contributed by atoms with Crippen LogP contribution in [-0.4, -0.2) is 62.5 Å². The smallest absolute Gasteiger partial charge is 0.326 e. The average molecular weight is 423 g/mol. The summed E-state index contributed by atoms with van der Waals surface area (Å²) in [4.78, 5) is 39.2. The van der Waals surface area contributed by atoms with E-state index < -0.39 is 18.1 Å². The summed E-state index contributed by atoms with van der Waals surface area (Å²) in [6, 6.07) is 8.35. The number of carbonyl (C=O) groups is 3. The Morgan fingerprint density at radius 3 is 2.71 bits per heavy atom. The Hall–Kier alpha value is -1.67. The highest BCUT2D eigenvalue weighted by atomic mass is 32.2. The Labute approximate surface area is 173 Å². The van der Waals surface area contributed by atoms with Gasteiger partial charge in [0.2, 0.25) is 11.8 Å². The number of hydrogen-bond acceptors (Lipinski definition) is 5. The monoisotopic (exact) mass is 422 g/mol. The molecular formula is C20H26N2O4S2. The number of piperidine rings is 1. The number of amides is 2. The number of carboxylic acids is 1. The van der Waals surface area contributed by atoms with Crippen LogP contribution in [0.1, 0.15) is 31.2 Å². The van der Waals surface area contributed by atoms with E-state index in [-0.39, 0.29) is 22.4 Å². The molecule has 2 amide bonds. The minimum Gasteiger partial charge on any atom is -0.480 e. The number of thioether (sulfide) groups is 2. The van der Waals surface area contributed by atoms with Gasteiger partial charge >= 0.3 is 5.97 Å². The number of nitrogens with zero attached hydrogens (tertiary/aromatic N) is 1. The Bertz CT molecular complexity index is 715. The van der Waals surface area contributed by atoms with Crippen molar-refractivity contribution in [3.8, 4) is 0 Å². The molecule has 0 radical (unpaired) electrons. The predicted molar refractivity (Wildman–Crippen MR) is 112 cm³/mol. The highest BCUT2D eigenvalue weighted by molar-refractivity contribution is 8.00. The molecule has 3 rings (SSSR count). The Morgan fingerprint density at radius 1 is 1.29 bits per heavy atom. The van der Waals surface area contributed by atoms with E-state index in [1.165, 1.54) is 16.7 Å². The van der Waals surface area contributed by atoms with Crippen LogP contribution in [-0.2, 0) is 20.8 Å². The van der Waals surface area contributed by atoms with Crippen LogP contribution in [0.4, 0.5) is 0 Å². The maximum absolute atomic E-state index is 13.1.